The van der Waals surface area contributed by atoms with Gasteiger partial charge in [0.2, 0.25) is 0 Å². The Hall–Kier alpha value is -2.56. The molecule has 0 aliphatic heterocycles. The summed E-state index contributed by atoms with van der Waals surface area (Å²) in [6.07, 6.45) is 0. The van der Waals surface area contributed by atoms with E-state index in [9.17, 15) is 14.7 Å². The Balaban J connectivity index is 2.34. The summed E-state index contributed by atoms with van der Waals surface area (Å²) < 4.78 is 1.69. The molecule has 126 valence electrons. The molecule has 0 saturated heterocycles. The Labute approximate surface area is 153 Å². The lowest BCUT2D eigenvalue weighted by atomic mass is 10.0. The SMILES string of the molecule is Cn1c(-c2ccc(Cl)cc2)cc(=O)c(C(=O)O)c1-c1ccc(Cl)cc1. The van der Waals surface area contributed by atoms with Gasteiger partial charge in [-0.2, -0.15) is 0 Å². The lowest BCUT2D eigenvalue weighted by Gasteiger charge is -2.17. The summed E-state index contributed by atoms with van der Waals surface area (Å²) in [4.78, 5) is 24.2. The van der Waals surface area contributed by atoms with E-state index in [1.54, 1.807) is 60.1 Å². The number of rotatable bonds is 3. The molecular weight excluding hydrogens is 361 g/mol. The van der Waals surface area contributed by atoms with E-state index in [4.69, 9.17) is 23.2 Å². The molecule has 3 aromatic rings. The fourth-order valence-electron chi connectivity index (χ4n) is 2.75. The fourth-order valence-corrected chi connectivity index (χ4v) is 3.00. The van der Waals surface area contributed by atoms with E-state index in [1.807, 2.05) is 0 Å². The highest BCUT2D eigenvalue weighted by molar-refractivity contribution is 6.30. The van der Waals surface area contributed by atoms with E-state index in [2.05, 4.69) is 0 Å². The van der Waals surface area contributed by atoms with Gasteiger partial charge in [-0.05, 0) is 35.4 Å². The maximum Gasteiger partial charge on any atom is 0.341 e. The van der Waals surface area contributed by atoms with Gasteiger partial charge in [0.05, 0.1) is 11.4 Å². The summed E-state index contributed by atoms with van der Waals surface area (Å²) in [5.74, 6) is -1.27. The molecular formula is C19H13Cl2NO3. The molecule has 0 radical (unpaired) electrons. The van der Waals surface area contributed by atoms with Crippen LogP contribution in [0.25, 0.3) is 22.5 Å². The molecule has 3 rings (SSSR count). The van der Waals surface area contributed by atoms with Gasteiger partial charge < -0.3 is 9.67 Å². The second-order valence-electron chi connectivity index (χ2n) is 5.50. The molecule has 1 N–H and O–H groups in total. The molecule has 0 unspecified atom stereocenters. The highest BCUT2D eigenvalue weighted by atomic mass is 35.5. The van der Waals surface area contributed by atoms with Gasteiger partial charge in [-0.3, -0.25) is 4.79 Å². The van der Waals surface area contributed by atoms with Gasteiger partial charge in [0, 0.05) is 23.2 Å². The van der Waals surface area contributed by atoms with Crippen LogP contribution < -0.4 is 5.43 Å². The zero-order chi connectivity index (χ0) is 18.1. The first kappa shape index (κ1) is 17.3. The van der Waals surface area contributed by atoms with Gasteiger partial charge >= 0.3 is 5.97 Å². The average Bonchev–Trinajstić information content (AvgIpc) is 2.58. The van der Waals surface area contributed by atoms with Crippen molar-refractivity contribution in [1.82, 2.24) is 4.57 Å². The van der Waals surface area contributed by atoms with Crippen molar-refractivity contribution in [3.63, 3.8) is 0 Å². The zero-order valence-corrected chi connectivity index (χ0v) is 14.7. The molecule has 4 nitrogen and oxygen atoms in total. The van der Waals surface area contributed by atoms with E-state index < -0.39 is 11.4 Å². The Bertz CT molecular complexity index is 1010. The fraction of sp³-hybridized carbons (Fsp3) is 0.0526. The largest absolute Gasteiger partial charge is 0.477 e. The number of carboxylic acids is 1. The van der Waals surface area contributed by atoms with Crippen molar-refractivity contribution in [2.45, 2.75) is 0 Å². The maximum absolute atomic E-state index is 12.5. The molecule has 6 heteroatoms. The number of hydrogen-bond donors (Lipinski definition) is 1. The summed E-state index contributed by atoms with van der Waals surface area (Å²) in [7, 11) is 1.72. The summed E-state index contributed by atoms with van der Waals surface area (Å²) in [6, 6.07) is 15.0. The summed E-state index contributed by atoms with van der Waals surface area (Å²) >= 11 is 11.8. The third kappa shape index (κ3) is 3.31. The lowest BCUT2D eigenvalue weighted by Crippen LogP contribution is -2.21. The number of aromatic nitrogens is 1. The molecule has 0 aliphatic rings. The van der Waals surface area contributed by atoms with Crippen LogP contribution in [-0.2, 0) is 7.05 Å². The maximum atomic E-state index is 12.5. The molecule has 0 amide bonds. The molecule has 1 heterocycles. The number of hydrogen-bond acceptors (Lipinski definition) is 2. The van der Waals surface area contributed by atoms with Crippen LogP contribution >= 0.6 is 23.2 Å². The number of benzene rings is 2. The van der Waals surface area contributed by atoms with Gasteiger partial charge in [0.25, 0.3) is 0 Å². The van der Waals surface area contributed by atoms with Crippen LogP contribution in [0.3, 0.4) is 0 Å². The number of pyridine rings is 1. The van der Waals surface area contributed by atoms with E-state index in [0.29, 0.717) is 27.0 Å². The Kier molecular flexibility index (Phi) is 4.66. The Morgan fingerprint density at radius 1 is 0.920 bits per heavy atom. The molecule has 0 spiro atoms. The summed E-state index contributed by atoms with van der Waals surface area (Å²) in [6.45, 7) is 0. The van der Waals surface area contributed by atoms with Crippen molar-refractivity contribution in [2.75, 3.05) is 0 Å². The van der Waals surface area contributed by atoms with Crippen LogP contribution in [0.1, 0.15) is 10.4 Å². The molecule has 0 aliphatic carbocycles. The minimum atomic E-state index is -1.27. The third-order valence-corrected chi connectivity index (χ3v) is 4.42. The van der Waals surface area contributed by atoms with E-state index in [0.717, 1.165) is 5.56 Å². The lowest BCUT2D eigenvalue weighted by molar-refractivity contribution is 0.0695. The van der Waals surface area contributed by atoms with Gasteiger partial charge in [-0.25, -0.2) is 4.79 Å². The molecule has 0 bridgehead atoms. The van der Waals surface area contributed by atoms with Crippen molar-refractivity contribution in [1.29, 1.82) is 0 Å². The van der Waals surface area contributed by atoms with Crippen LogP contribution in [0.4, 0.5) is 0 Å². The van der Waals surface area contributed by atoms with Gasteiger partial charge in [-0.15, -0.1) is 0 Å². The van der Waals surface area contributed by atoms with Crippen molar-refractivity contribution in [2.24, 2.45) is 7.05 Å². The Morgan fingerprint density at radius 3 is 1.88 bits per heavy atom. The van der Waals surface area contributed by atoms with Crippen molar-refractivity contribution < 1.29 is 9.90 Å². The van der Waals surface area contributed by atoms with Crippen LogP contribution in [0.5, 0.6) is 0 Å². The smallest absolute Gasteiger partial charge is 0.341 e. The van der Waals surface area contributed by atoms with Crippen LogP contribution in [0.15, 0.2) is 59.4 Å². The average molecular weight is 374 g/mol. The van der Waals surface area contributed by atoms with Gasteiger partial charge in [-0.1, -0.05) is 47.5 Å². The van der Waals surface area contributed by atoms with Crippen LogP contribution in [0, 0.1) is 0 Å². The monoisotopic (exact) mass is 373 g/mol. The van der Waals surface area contributed by atoms with E-state index in [-0.39, 0.29) is 5.56 Å². The number of nitrogens with zero attached hydrogens (tertiary/aromatic N) is 1. The summed E-state index contributed by atoms with van der Waals surface area (Å²) in [5, 5.41) is 10.6. The highest BCUT2D eigenvalue weighted by Crippen LogP contribution is 2.28. The molecule has 1 aromatic heterocycles. The minimum absolute atomic E-state index is 0.275. The van der Waals surface area contributed by atoms with Crippen LogP contribution in [0.2, 0.25) is 10.0 Å². The molecule has 25 heavy (non-hydrogen) atoms. The number of carboxylic acid groups (broad SMARTS) is 1. The number of halogens is 2. The quantitative estimate of drug-likeness (QED) is 0.722. The van der Waals surface area contributed by atoms with Crippen molar-refractivity contribution >= 4 is 29.2 Å². The van der Waals surface area contributed by atoms with Crippen molar-refractivity contribution in [3.05, 3.63) is 80.4 Å². The topological polar surface area (TPSA) is 59.3 Å². The van der Waals surface area contributed by atoms with Crippen molar-refractivity contribution in [3.8, 4) is 22.5 Å². The zero-order valence-electron chi connectivity index (χ0n) is 13.2. The first-order chi connectivity index (χ1) is 11.9. The summed E-state index contributed by atoms with van der Waals surface area (Å²) in [5.41, 5.74) is 1.44. The van der Waals surface area contributed by atoms with E-state index in [1.165, 1.54) is 6.07 Å². The third-order valence-electron chi connectivity index (χ3n) is 3.92. The molecule has 0 atom stereocenters. The second-order valence-corrected chi connectivity index (χ2v) is 6.37. The minimum Gasteiger partial charge on any atom is -0.477 e. The first-order valence-electron chi connectivity index (χ1n) is 7.37. The van der Waals surface area contributed by atoms with Crippen LogP contribution in [-0.4, -0.2) is 15.6 Å². The number of aromatic carboxylic acids is 1. The first-order valence-corrected chi connectivity index (χ1v) is 8.13. The number of carbonyl (C=O) groups is 1. The van der Waals surface area contributed by atoms with Gasteiger partial charge in [0.1, 0.15) is 5.56 Å². The highest BCUT2D eigenvalue weighted by Gasteiger charge is 2.21. The molecule has 0 fully saturated rings. The van der Waals surface area contributed by atoms with E-state index >= 15 is 0 Å². The predicted octanol–water partition coefficient (Wildman–Crippen LogP) is 4.72. The Morgan fingerprint density at radius 2 is 1.40 bits per heavy atom. The second kappa shape index (κ2) is 6.75. The van der Waals surface area contributed by atoms with Gasteiger partial charge in [0.15, 0.2) is 5.43 Å². The molecule has 0 saturated carbocycles. The molecule has 2 aromatic carbocycles. The normalized spacial score (nSPS) is 10.7. The standard InChI is InChI=1S/C19H13Cl2NO3/c1-22-15(11-2-6-13(20)7-3-11)10-16(23)17(19(24)25)18(22)12-4-8-14(21)9-5-12/h2-10H,1H3,(H,24,25). The predicted molar refractivity (Wildman–Crippen MR) is 99.5 cm³/mol.